The Bertz CT molecular complexity index is 784. The first kappa shape index (κ1) is 13.8. The molecule has 1 heterocycles. The van der Waals surface area contributed by atoms with Gasteiger partial charge in [-0.3, -0.25) is 4.79 Å². The Morgan fingerprint density at radius 2 is 1.71 bits per heavy atom. The Kier molecular flexibility index (Phi) is 4.02. The molecule has 0 bridgehead atoms. The van der Waals surface area contributed by atoms with E-state index in [4.69, 9.17) is 0 Å². The van der Waals surface area contributed by atoms with E-state index < -0.39 is 0 Å². The standard InChI is InChI=1S/C18H16NOS/c1-21-18-11-12-19(16-10-6-5-9-15(16)18)13-17(20)14-7-3-2-4-8-14/h2-12H,13H2,1H3/q+1. The fourth-order valence-corrected chi connectivity index (χ4v) is 3.04. The number of hydrogen-bond donors (Lipinski definition) is 0. The van der Waals surface area contributed by atoms with Gasteiger partial charge in [-0.2, -0.15) is 4.57 Å². The molecular weight excluding hydrogens is 278 g/mol. The first-order valence-corrected chi connectivity index (χ1v) is 8.05. The van der Waals surface area contributed by atoms with Crippen molar-refractivity contribution in [2.24, 2.45) is 0 Å². The van der Waals surface area contributed by atoms with Crippen LogP contribution in [0, 0.1) is 0 Å². The van der Waals surface area contributed by atoms with Crippen molar-refractivity contribution in [1.82, 2.24) is 0 Å². The Hall–Kier alpha value is -2.13. The highest BCUT2D eigenvalue weighted by molar-refractivity contribution is 7.98. The van der Waals surface area contributed by atoms with Gasteiger partial charge in [0.15, 0.2) is 6.20 Å². The zero-order valence-corrected chi connectivity index (χ0v) is 12.6. The van der Waals surface area contributed by atoms with E-state index in [-0.39, 0.29) is 5.78 Å². The van der Waals surface area contributed by atoms with Gasteiger partial charge in [0.25, 0.3) is 0 Å². The average Bonchev–Trinajstić information content (AvgIpc) is 2.56. The van der Waals surface area contributed by atoms with Crippen LogP contribution in [0.2, 0.25) is 0 Å². The molecular formula is C18H16NOS+. The maximum absolute atomic E-state index is 12.4. The zero-order valence-electron chi connectivity index (χ0n) is 11.8. The third-order valence-electron chi connectivity index (χ3n) is 3.51. The second-order valence-corrected chi connectivity index (χ2v) is 5.67. The molecule has 0 radical (unpaired) electrons. The molecule has 0 spiro atoms. The summed E-state index contributed by atoms with van der Waals surface area (Å²) in [7, 11) is 0. The Morgan fingerprint density at radius 3 is 2.48 bits per heavy atom. The molecule has 0 aliphatic heterocycles. The lowest BCUT2D eigenvalue weighted by Crippen LogP contribution is -2.38. The van der Waals surface area contributed by atoms with Crippen LogP contribution in [-0.4, -0.2) is 12.0 Å². The number of Topliss-reactive ketones (excluding diaryl/α,β-unsaturated/α-hetero) is 1. The predicted octanol–water partition coefficient (Wildman–Crippen LogP) is 3.73. The van der Waals surface area contributed by atoms with Crippen LogP contribution in [0.1, 0.15) is 10.4 Å². The normalized spacial score (nSPS) is 10.7. The molecule has 0 unspecified atom stereocenters. The number of thioether (sulfide) groups is 1. The SMILES string of the molecule is CSc1cc[n+](CC(=O)c2ccccc2)c2ccccc12. The number of pyridine rings is 1. The highest BCUT2D eigenvalue weighted by atomic mass is 32.2. The van der Waals surface area contributed by atoms with Crippen LogP contribution >= 0.6 is 11.8 Å². The number of fused-ring (bicyclic) bond motifs is 1. The van der Waals surface area contributed by atoms with Gasteiger partial charge in [-0.15, -0.1) is 11.8 Å². The first-order valence-electron chi connectivity index (χ1n) is 6.83. The predicted molar refractivity (Wildman–Crippen MR) is 86.7 cm³/mol. The van der Waals surface area contributed by atoms with E-state index in [1.165, 1.54) is 10.3 Å². The van der Waals surface area contributed by atoms with Crippen molar-refractivity contribution in [3.05, 3.63) is 72.4 Å². The molecule has 1 aromatic heterocycles. The number of aromatic nitrogens is 1. The highest BCUT2D eigenvalue weighted by Gasteiger charge is 2.16. The molecule has 3 heteroatoms. The molecule has 0 aliphatic rings. The minimum absolute atomic E-state index is 0.127. The van der Waals surface area contributed by atoms with E-state index in [9.17, 15) is 4.79 Å². The molecule has 0 amide bonds. The molecule has 2 nitrogen and oxygen atoms in total. The highest BCUT2D eigenvalue weighted by Crippen LogP contribution is 2.23. The van der Waals surface area contributed by atoms with Gasteiger partial charge in [-0.25, -0.2) is 0 Å². The number of carbonyl (C=O) groups excluding carboxylic acids is 1. The lowest BCUT2D eigenvalue weighted by molar-refractivity contribution is -0.657. The molecule has 0 N–H and O–H groups in total. The summed E-state index contributed by atoms with van der Waals surface area (Å²) in [5, 5.41) is 1.19. The second-order valence-electron chi connectivity index (χ2n) is 4.82. The second kappa shape index (κ2) is 6.10. The summed E-state index contributed by atoms with van der Waals surface area (Å²) in [6.45, 7) is 0.360. The molecule has 0 aliphatic carbocycles. The van der Waals surface area contributed by atoms with Crippen molar-refractivity contribution in [2.75, 3.05) is 6.26 Å². The molecule has 21 heavy (non-hydrogen) atoms. The third kappa shape index (κ3) is 2.83. The number of hydrogen-bond acceptors (Lipinski definition) is 2. The van der Waals surface area contributed by atoms with Crippen LogP contribution in [0.5, 0.6) is 0 Å². The quantitative estimate of drug-likeness (QED) is 0.415. The fourth-order valence-electron chi connectivity index (χ4n) is 2.45. The lowest BCUT2D eigenvalue weighted by Gasteiger charge is -2.04. The van der Waals surface area contributed by atoms with E-state index in [1.54, 1.807) is 11.8 Å². The number of benzene rings is 2. The number of nitrogens with zero attached hydrogens (tertiary/aromatic N) is 1. The van der Waals surface area contributed by atoms with Crippen LogP contribution in [0.3, 0.4) is 0 Å². The van der Waals surface area contributed by atoms with Gasteiger partial charge in [-0.1, -0.05) is 42.5 Å². The van der Waals surface area contributed by atoms with Crippen molar-refractivity contribution < 1.29 is 9.36 Å². The summed E-state index contributed by atoms with van der Waals surface area (Å²) >= 11 is 1.72. The molecule has 3 aromatic rings. The molecule has 0 saturated heterocycles. The Balaban J connectivity index is 2.00. The zero-order chi connectivity index (χ0) is 14.7. The van der Waals surface area contributed by atoms with Crippen LogP contribution < -0.4 is 4.57 Å². The summed E-state index contributed by atoms with van der Waals surface area (Å²) in [4.78, 5) is 13.6. The monoisotopic (exact) mass is 294 g/mol. The average molecular weight is 294 g/mol. The Labute approximate surface area is 128 Å². The summed E-state index contributed by atoms with van der Waals surface area (Å²) in [5.41, 5.74) is 1.84. The van der Waals surface area contributed by atoms with Crippen molar-refractivity contribution in [3.63, 3.8) is 0 Å². The topological polar surface area (TPSA) is 20.9 Å². The van der Waals surface area contributed by atoms with Crippen LogP contribution in [0.25, 0.3) is 10.9 Å². The summed E-state index contributed by atoms with van der Waals surface area (Å²) in [5.74, 6) is 0.127. The fraction of sp³-hybridized carbons (Fsp3) is 0.111. The molecule has 0 fully saturated rings. The van der Waals surface area contributed by atoms with Crippen molar-refractivity contribution in [2.45, 2.75) is 11.4 Å². The van der Waals surface area contributed by atoms with Crippen LogP contribution in [0.4, 0.5) is 0 Å². The smallest absolute Gasteiger partial charge is 0.227 e. The van der Waals surface area contributed by atoms with E-state index in [0.29, 0.717) is 6.54 Å². The van der Waals surface area contributed by atoms with Crippen molar-refractivity contribution in [3.8, 4) is 0 Å². The van der Waals surface area contributed by atoms with Crippen molar-refractivity contribution in [1.29, 1.82) is 0 Å². The van der Waals surface area contributed by atoms with Gasteiger partial charge in [0.2, 0.25) is 17.8 Å². The van der Waals surface area contributed by atoms with Gasteiger partial charge in [0.05, 0.1) is 5.39 Å². The van der Waals surface area contributed by atoms with E-state index >= 15 is 0 Å². The van der Waals surface area contributed by atoms with Gasteiger partial charge in [0.1, 0.15) is 0 Å². The van der Waals surface area contributed by atoms with Gasteiger partial charge < -0.3 is 0 Å². The molecule has 3 rings (SSSR count). The number of ketones is 1. The number of carbonyl (C=O) groups is 1. The van der Waals surface area contributed by atoms with E-state index in [0.717, 1.165) is 11.1 Å². The minimum Gasteiger partial charge on any atom is -0.287 e. The molecule has 104 valence electrons. The van der Waals surface area contributed by atoms with E-state index in [2.05, 4.69) is 24.5 Å². The maximum atomic E-state index is 12.4. The van der Waals surface area contributed by atoms with Crippen LogP contribution in [-0.2, 0) is 6.54 Å². The third-order valence-corrected chi connectivity index (χ3v) is 4.31. The van der Waals surface area contributed by atoms with Crippen molar-refractivity contribution >= 4 is 28.4 Å². The Morgan fingerprint density at radius 1 is 1.00 bits per heavy atom. The van der Waals surface area contributed by atoms with E-state index in [1.807, 2.05) is 53.2 Å². The van der Waals surface area contributed by atoms with Gasteiger partial charge >= 0.3 is 0 Å². The summed E-state index contributed by atoms with van der Waals surface area (Å²) in [6, 6.07) is 19.7. The molecule has 2 aromatic carbocycles. The summed E-state index contributed by atoms with van der Waals surface area (Å²) in [6.07, 6.45) is 4.07. The van der Waals surface area contributed by atoms with Crippen LogP contribution in [0.15, 0.2) is 71.8 Å². The largest absolute Gasteiger partial charge is 0.287 e. The number of para-hydroxylation sites is 1. The summed E-state index contributed by atoms with van der Waals surface area (Å²) < 4.78 is 2.02. The first-order chi connectivity index (χ1) is 10.3. The minimum atomic E-state index is 0.127. The lowest BCUT2D eigenvalue weighted by atomic mass is 10.1. The van der Waals surface area contributed by atoms with Gasteiger partial charge in [-0.05, 0) is 12.3 Å². The number of rotatable bonds is 4. The maximum Gasteiger partial charge on any atom is 0.227 e. The molecule has 0 saturated carbocycles. The van der Waals surface area contributed by atoms with Gasteiger partial charge in [0, 0.05) is 22.6 Å². The molecule has 0 atom stereocenters.